The Balaban J connectivity index is 2.46. The van der Waals surface area contributed by atoms with E-state index in [1.54, 1.807) is 10.6 Å². The van der Waals surface area contributed by atoms with Crippen molar-refractivity contribution in [2.45, 2.75) is 19.4 Å². The molecule has 0 unspecified atom stereocenters. The smallest absolute Gasteiger partial charge is 0.262 e. The van der Waals surface area contributed by atoms with Gasteiger partial charge in [-0.2, -0.15) is 0 Å². The van der Waals surface area contributed by atoms with Crippen LogP contribution in [-0.4, -0.2) is 15.6 Å². The topological polar surface area (TPSA) is 80.6 Å². The van der Waals surface area contributed by atoms with Crippen LogP contribution in [0.4, 0.5) is 0 Å². The fourth-order valence-corrected chi connectivity index (χ4v) is 2.60. The molecule has 1 aromatic carbocycles. The molecule has 0 radical (unpaired) electrons. The Labute approximate surface area is 103 Å². The summed E-state index contributed by atoms with van der Waals surface area (Å²) < 4.78 is 1.72. The van der Waals surface area contributed by atoms with Crippen LogP contribution in [0.2, 0.25) is 0 Å². The molecule has 92 valence electrons. The van der Waals surface area contributed by atoms with Gasteiger partial charge in [-0.15, -0.1) is 0 Å². The van der Waals surface area contributed by atoms with Crippen molar-refractivity contribution in [1.29, 1.82) is 0 Å². The van der Waals surface area contributed by atoms with Crippen LogP contribution in [0, 0.1) is 0 Å². The Morgan fingerprint density at radius 1 is 1.44 bits per heavy atom. The van der Waals surface area contributed by atoms with Crippen LogP contribution in [-0.2, 0) is 13.0 Å². The lowest BCUT2D eigenvalue weighted by Crippen LogP contribution is -2.32. The fourth-order valence-electron chi connectivity index (χ4n) is 2.60. The van der Waals surface area contributed by atoms with E-state index >= 15 is 0 Å². The molecule has 0 fully saturated rings. The number of benzene rings is 1. The molecular formula is C13H13N3O2. The van der Waals surface area contributed by atoms with Gasteiger partial charge in [0.05, 0.1) is 11.1 Å². The third kappa shape index (κ3) is 1.40. The third-order valence-electron chi connectivity index (χ3n) is 3.41. The summed E-state index contributed by atoms with van der Waals surface area (Å²) in [5.41, 5.74) is 7.77. The molecule has 5 nitrogen and oxygen atoms in total. The number of aromatic nitrogens is 1. The zero-order chi connectivity index (χ0) is 12.7. The Kier molecular flexibility index (Phi) is 2.33. The largest absolute Gasteiger partial charge is 0.409 e. The third-order valence-corrected chi connectivity index (χ3v) is 3.41. The molecule has 2 aromatic rings. The van der Waals surface area contributed by atoms with Crippen LogP contribution < -0.4 is 11.3 Å². The Morgan fingerprint density at radius 2 is 2.28 bits per heavy atom. The molecule has 1 aliphatic rings. The molecule has 18 heavy (non-hydrogen) atoms. The van der Waals surface area contributed by atoms with Gasteiger partial charge in [0.1, 0.15) is 0 Å². The maximum absolute atomic E-state index is 12.3. The summed E-state index contributed by atoms with van der Waals surface area (Å²) in [6, 6.07) is 7.64. The van der Waals surface area contributed by atoms with Gasteiger partial charge in [0.25, 0.3) is 5.56 Å². The van der Waals surface area contributed by atoms with Gasteiger partial charge >= 0.3 is 0 Å². The molecule has 0 atom stereocenters. The average Bonchev–Trinajstić information content (AvgIpc) is 2.42. The minimum atomic E-state index is -0.190. The zero-order valence-corrected chi connectivity index (χ0v) is 9.76. The molecule has 0 spiro atoms. The summed E-state index contributed by atoms with van der Waals surface area (Å²) in [5, 5.41) is 12.6. The van der Waals surface area contributed by atoms with Gasteiger partial charge in [-0.3, -0.25) is 4.79 Å². The minimum Gasteiger partial charge on any atom is -0.409 e. The van der Waals surface area contributed by atoms with Crippen molar-refractivity contribution < 1.29 is 5.21 Å². The number of rotatable bonds is 1. The van der Waals surface area contributed by atoms with Crippen molar-refractivity contribution in [3.8, 4) is 0 Å². The van der Waals surface area contributed by atoms with Crippen molar-refractivity contribution in [2.24, 2.45) is 10.9 Å². The first-order valence-electron chi connectivity index (χ1n) is 5.85. The van der Waals surface area contributed by atoms with E-state index in [1.165, 1.54) is 5.56 Å². The highest BCUT2D eigenvalue weighted by atomic mass is 16.4. The summed E-state index contributed by atoms with van der Waals surface area (Å²) in [6.07, 6.45) is 1.92. The summed E-state index contributed by atoms with van der Waals surface area (Å²) >= 11 is 0. The number of hydrogen-bond acceptors (Lipinski definition) is 3. The highest BCUT2D eigenvalue weighted by Crippen LogP contribution is 2.23. The van der Waals surface area contributed by atoms with E-state index in [4.69, 9.17) is 10.9 Å². The first-order valence-corrected chi connectivity index (χ1v) is 5.85. The lowest BCUT2D eigenvalue weighted by atomic mass is 10.00. The number of oxime groups is 1. The van der Waals surface area contributed by atoms with Crippen molar-refractivity contribution in [1.82, 2.24) is 4.57 Å². The van der Waals surface area contributed by atoms with E-state index in [0.29, 0.717) is 6.54 Å². The molecule has 2 heterocycles. The molecule has 3 rings (SSSR count). The molecule has 3 N–H and O–H groups in total. The molecule has 0 aliphatic carbocycles. The summed E-state index contributed by atoms with van der Waals surface area (Å²) in [5.74, 6) is -0.137. The van der Waals surface area contributed by atoms with Crippen LogP contribution in [0.25, 0.3) is 10.9 Å². The SMILES string of the molecule is N/C(=N/O)c1cc2cccc3c2n(c1=O)CCC3. The van der Waals surface area contributed by atoms with E-state index in [1.807, 2.05) is 18.2 Å². The normalized spacial score (nSPS) is 15.0. The van der Waals surface area contributed by atoms with Gasteiger partial charge in [-0.25, -0.2) is 0 Å². The second-order valence-corrected chi connectivity index (χ2v) is 4.46. The second kappa shape index (κ2) is 3.87. The first-order chi connectivity index (χ1) is 8.72. The maximum Gasteiger partial charge on any atom is 0.262 e. The number of amidine groups is 1. The number of aryl methyl sites for hydroxylation is 2. The number of nitrogens with zero attached hydrogens (tertiary/aromatic N) is 2. The van der Waals surface area contributed by atoms with Crippen molar-refractivity contribution in [3.05, 3.63) is 45.7 Å². The van der Waals surface area contributed by atoms with Crippen LogP contribution in [0.15, 0.2) is 34.2 Å². The van der Waals surface area contributed by atoms with Crippen molar-refractivity contribution in [3.63, 3.8) is 0 Å². The molecule has 1 aliphatic heterocycles. The van der Waals surface area contributed by atoms with E-state index in [9.17, 15) is 4.79 Å². The lowest BCUT2D eigenvalue weighted by molar-refractivity contribution is 0.318. The molecule has 0 amide bonds. The average molecular weight is 243 g/mol. The van der Waals surface area contributed by atoms with Crippen LogP contribution in [0.5, 0.6) is 0 Å². The number of pyridine rings is 1. The minimum absolute atomic E-state index is 0.137. The van der Waals surface area contributed by atoms with Gasteiger partial charge in [0.15, 0.2) is 5.84 Å². The lowest BCUT2D eigenvalue weighted by Gasteiger charge is -2.20. The monoisotopic (exact) mass is 243 g/mol. The molecule has 5 heteroatoms. The Morgan fingerprint density at radius 3 is 3.06 bits per heavy atom. The molecule has 0 bridgehead atoms. The van der Waals surface area contributed by atoms with Crippen LogP contribution in [0.1, 0.15) is 17.5 Å². The van der Waals surface area contributed by atoms with Crippen LogP contribution in [0.3, 0.4) is 0 Å². The predicted molar refractivity (Wildman–Crippen MR) is 69.0 cm³/mol. The quantitative estimate of drug-likeness (QED) is 0.340. The second-order valence-electron chi connectivity index (χ2n) is 4.46. The predicted octanol–water partition coefficient (Wildman–Crippen LogP) is 1.04. The van der Waals surface area contributed by atoms with E-state index in [2.05, 4.69) is 5.16 Å². The van der Waals surface area contributed by atoms with E-state index < -0.39 is 0 Å². The van der Waals surface area contributed by atoms with E-state index in [0.717, 1.165) is 23.7 Å². The van der Waals surface area contributed by atoms with Gasteiger partial charge in [0, 0.05) is 6.54 Å². The standard InChI is InChI=1S/C13H13N3O2/c14-12(15-18)10-7-9-4-1-3-8-5-2-6-16(11(8)9)13(10)17/h1,3-4,7,18H,2,5-6H2,(H2,14,15). The summed E-state index contributed by atoms with van der Waals surface area (Å²) in [4.78, 5) is 12.3. The number of hydrogen-bond donors (Lipinski definition) is 2. The fraction of sp³-hybridized carbons (Fsp3) is 0.231. The van der Waals surface area contributed by atoms with Gasteiger partial charge in [-0.05, 0) is 29.9 Å². The van der Waals surface area contributed by atoms with Crippen LogP contribution >= 0.6 is 0 Å². The summed E-state index contributed by atoms with van der Waals surface area (Å²) in [6.45, 7) is 0.679. The number of nitrogens with two attached hydrogens (primary N) is 1. The van der Waals surface area contributed by atoms with Gasteiger partial charge in [0.2, 0.25) is 0 Å². The highest BCUT2D eigenvalue weighted by Gasteiger charge is 2.17. The number of para-hydroxylation sites is 1. The molecular weight excluding hydrogens is 230 g/mol. The van der Waals surface area contributed by atoms with Crippen molar-refractivity contribution >= 4 is 16.7 Å². The van der Waals surface area contributed by atoms with Gasteiger partial charge in [-0.1, -0.05) is 23.4 Å². The van der Waals surface area contributed by atoms with Gasteiger partial charge < -0.3 is 15.5 Å². The Bertz CT molecular complexity index is 716. The molecule has 0 saturated carbocycles. The maximum atomic E-state index is 12.3. The zero-order valence-electron chi connectivity index (χ0n) is 9.76. The molecule has 1 aromatic heterocycles. The first kappa shape index (κ1) is 10.8. The van der Waals surface area contributed by atoms with Crippen molar-refractivity contribution in [2.75, 3.05) is 0 Å². The summed E-state index contributed by atoms with van der Waals surface area (Å²) in [7, 11) is 0. The highest BCUT2D eigenvalue weighted by molar-refractivity contribution is 6.00. The van der Waals surface area contributed by atoms with E-state index in [-0.39, 0.29) is 17.0 Å². The Hall–Kier alpha value is -2.30. The molecule has 0 saturated heterocycles.